The molecule has 0 amide bonds. The molecule has 2 aromatic rings. The molecule has 2 heterocycles. The van der Waals surface area contributed by atoms with E-state index in [1.807, 2.05) is 31.2 Å². The molecule has 3 rings (SSSR count). The van der Waals surface area contributed by atoms with E-state index in [0.717, 1.165) is 18.4 Å². The van der Waals surface area contributed by atoms with Crippen LogP contribution in [0.5, 0.6) is 0 Å². The molecule has 20 heavy (non-hydrogen) atoms. The van der Waals surface area contributed by atoms with E-state index < -0.39 is 0 Å². The zero-order chi connectivity index (χ0) is 14.0. The van der Waals surface area contributed by atoms with Gasteiger partial charge >= 0.3 is 0 Å². The van der Waals surface area contributed by atoms with Crippen LogP contribution in [0.4, 0.5) is 0 Å². The number of benzene rings is 1. The number of nitrogens with two attached hydrogens (primary N) is 1. The SMILES string of the molecule is Cc1cccc(-c2noc(C3(CN)CCOCC3)n2)c1. The van der Waals surface area contributed by atoms with Gasteiger partial charge < -0.3 is 15.0 Å². The van der Waals surface area contributed by atoms with Crippen LogP contribution >= 0.6 is 0 Å². The average Bonchev–Trinajstić information content (AvgIpc) is 2.98. The van der Waals surface area contributed by atoms with Crippen molar-refractivity contribution in [2.24, 2.45) is 5.73 Å². The third-order valence-corrected chi connectivity index (χ3v) is 4.00. The Morgan fingerprint density at radius 1 is 1.30 bits per heavy atom. The lowest BCUT2D eigenvalue weighted by molar-refractivity contribution is 0.0409. The van der Waals surface area contributed by atoms with Crippen LogP contribution < -0.4 is 5.73 Å². The Kier molecular flexibility index (Phi) is 3.54. The number of hydrogen-bond donors (Lipinski definition) is 1. The molecule has 1 aliphatic heterocycles. The summed E-state index contributed by atoms with van der Waals surface area (Å²) in [5, 5.41) is 4.11. The van der Waals surface area contributed by atoms with Crippen LogP contribution in [0.15, 0.2) is 28.8 Å². The molecule has 0 bridgehead atoms. The highest BCUT2D eigenvalue weighted by Crippen LogP contribution is 2.33. The summed E-state index contributed by atoms with van der Waals surface area (Å²) in [6.45, 7) is 3.94. The molecule has 0 saturated carbocycles. The second-order valence-corrected chi connectivity index (χ2v) is 5.39. The minimum absolute atomic E-state index is 0.229. The van der Waals surface area contributed by atoms with E-state index in [9.17, 15) is 0 Å². The average molecular weight is 273 g/mol. The highest BCUT2D eigenvalue weighted by molar-refractivity contribution is 5.55. The van der Waals surface area contributed by atoms with Gasteiger partial charge in [-0.3, -0.25) is 0 Å². The Labute approximate surface area is 118 Å². The Morgan fingerprint density at radius 2 is 2.10 bits per heavy atom. The standard InChI is InChI=1S/C15H19N3O2/c1-11-3-2-4-12(9-11)13-17-14(20-18-13)15(10-16)5-7-19-8-6-15/h2-4,9H,5-8,10,16H2,1H3. The van der Waals surface area contributed by atoms with E-state index in [4.69, 9.17) is 15.0 Å². The van der Waals surface area contributed by atoms with Gasteiger partial charge in [0, 0.05) is 25.3 Å². The lowest BCUT2D eigenvalue weighted by Gasteiger charge is -2.32. The number of ether oxygens (including phenoxy) is 1. The number of hydrogen-bond acceptors (Lipinski definition) is 5. The minimum Gasteiger partial charge on any atom is -0.381 e. The second-order valence-electron chi connectivity index (χ2n) is 5.39. The topological polar surface area (TPSA) is 74.2 Å². The van der Waals surface area contributed by atoms with Crippen molar-refractivity contribution in [3.63, 3.8) is 0 Å². The van der Waals surface area contributed by atoms with Crippen LogP contribution in [-0.2, 0) is 10.2 Å². The summed E-state index contributed by atoms with van der Waals surface area (Å²) in [4.78, 5) is 4.57. The van der Waals surface area contributed by atoms with E-state index in [-0.39, 0.29) is 5.41 Å². The second kappa shape index (κ2) is 5.34. The van der Waals surface area contributed by atoms with Gasteiger partial charge in [-0.05, 0) is 25.8 Å². The third-order valence-electron chi connectivity index (χ3n) is 4.00. The Balaban J connectivity index is 1.93. The zero-order valence-corrected chi connectivity index (χ0v) is 11.6. The fourth-order valence-corrected chi connectivity index (χ4v) is 2.61. The van der Waals surface area contributed by atoms with Crippen molar-refractivity contribution in [3.8, 4) is 11.4 Å². The summed E-state index contributed by atoms with van der Waals surface area (Å²) < 4.78 is 10.9. The summed E-state index contributed by atoms with van der Waals surface area (Å²) in [7, 11) is 0. The van der Waals surface area contributed by atoms with Crippen molar-refractivity contribution in [3.05, 3.63) is 35.7 Å². The summed E-state index contributed by atoms with van der Waals surface area (Å²) in [5.74, 6) is 1.27. The molecule has 1 fully saturated rings. The van der Waals surface area contributed by atoms with Gasteiger partial charge in [-0.1, -0.05) is 28.9 Å². The molecule has 1 aliphatic rings. The summed E-state index contributed by atoms with van der Waals surface area (Å²) in [5.41, 5.74) is 7.88. The van der Waals surface area contributed by atoms with Crippen LogP contribution in [0.2, 0.25) is 0 Å². The monoisotopic (exact) mass is 273 g/mol. The van der Waals surface area contributed by atoms with Crippen LogP contribution in [0, 0.1) is 6.92 Å². The predicted molar refractivity (Wildman–Crippen MR) is 75.3 cm³/mol. The van der Waals surface area contributed by atoms with E-state index >= 15 is 0 Å². The number of aromatic nitrogens is 2. The Hall–Kier alpha value is -1.72. The maximum absolute atomic E-state index is 5.96. The molecule has 1 aromatic heterocycles. The van der Waals surface area contributed by atoms with Crippen LogP contribution in [-0.4, -0.2) is 29.9 Å². The highest BCUT2D eigenvalue weighted by atomic mass is 16.5. The van der Waals surface area contributed by atoms with E-state index in [0.29, 0.717) is 31.5 Å². The molecule has 0 radical (unpaired) electrons. The van der Waals surface area contributed by atoms with Gasteiger partial charge in [-0.2, -0.15) is 4.98 Å². The molecular weight excluding hydrogens is 254 g/mol. The zero-order valence-electron chi connectivity index (χ0n) is 11.6. The maximum atomic E-state index is 5.96. The van der Waals surface area contributed by atoms with E-state index in [2.05, 4.69) is 10.1 Å². The lowest BCUT2D eigenvalue weighted by atomic mass is 9.80. The molecule has 1 aromatic carbocycles. The highest BCUT2D eigenvalue weighted by Gasteiger charge is 2.38. The van der Waals surface area contributed by atoms with Gasteiger partial charge in [-0.25, -0.2) is 0 Å². The van der Waals surface area contributed by atoms with Gasteiger partial charge in [-0.15, -0.1) is 0 Å². The summed E-state index contributed by atoms with van der Waals surface area (Å²) in [6, 6.07) is 8.08. The molecule has 0 unspecified atom stereocenters. The van der Waals surface area contributed by atoms with Gasteiger partial charge in [0.25, 0.3) is 0 Å². The van der Waals surface area contributed by atoms with Gasteiger partial charge in [0.2, 0.25) is 11.7 Å². The first-order valence-electron chi connectivity index (χ1n) is 6.93. The fraction of sp³-hybridized carbons (Fsp3) is 0.467. The largest absolute Gasteiger partial charge is 0.381 e. The van der Waals surface area contributed by atoms with Gasteiger partial charge in [0.1, 0.15) is 0 Å². The Morgan fingerprint density at radius 3 is 2.80 bits per heavy atom. The number of rotatable bonds is 3. The number of nitrogens with zero attached hydrogens (tertiary/aromatic N) is 2. The smallest absolute Gasteiger partial charge is 0.234 e. The van der Waals surface area contributed by atoms with Gasteiger partial charge in [0.05, 0.1) is 5.41 Å². The quantitative estimate of drug-likeness (QED) is 0.926. The van der Waals surface area contributed by atoms with Crippen molar-refractivity contribution in [2.75, 3.05) is 19.8 Å². The van der Waals surface area contributed by atoms with Crippen molar-refractivity contribution < 1.29 is 9.26 Å². The summed E-state index contributed by atoms with van der Waals surface area (Å²) in [6.07, 6.45) is 1.66. The molecule has 0 aliphatic carbocycles. The third kappa shape index (κ3) is 2.34. The van der Waals surface area contributed by atoms with Crippen molar-refractivity contribution in [1.29, 1.82) is 0 Å². The first kappa shape index (κ1) is 13.3. The number of aryl methyl sites for hydroxylation is 1. The molecule has 2 N–H and O–H groups in total. The van der Waals surface area contributed by atoms with E-state index in [1.165, 1.54) is 5.56 Å². The lowest BCUT2D eigenvalue weighted by Crippen LogP contribution is -2.40. The fourth-order valence-electron chi connectivity index (χ4n) is 2.61. The van der Waals surface area contributed by atoms with Gasteiger partial charge in [0.15, 0.2) is 0 Å². The van der Waals surface area contributed by atoms with Crippen LogP contribution in [0.3, 0.4) is 0 Å². The normalized spacial score (nSPS) is 18.1. The maximum Gasteiger partial charge on any atom is 0.234 e. The van der Waals surface area contributed by atoms with Crippen LogP contribution in [0.25, 0.3) is 11.4 Å². The molecule has 0 spiro atoms. The summed E-state index contributed by atoms with van der Waals surface area (Å²) >= 11 is 0. The van der Waals surface area contributed by atoms with E-state index in [1.54, 1.807) is 0 Å². The predicted octanol–water partition coefficient (Wildman–Crippen LogP) is 2.05. The molecular formula is C15H19N3O2. The molecule has 0 atom stereocenters. The first-order valence-corrected chi connectivity index (χ1v) is 6.93. The molecule has 1 saturated heterocycles. The van der Waals surface area contributed by atoms with Crippen molar-refractivity contribution >= 4 is 0 Å². The minimum atomic E-state index is -0.229. The van der Waals surface area contributed by atoms with Crippen molar-refractivity contribution in [1.82, 2.24) is 10.1 Å². The van der Waals surface area contributed by atoms with Crippen molar-refractivity contribution in [2.45, 2.75) is 25.2 Å². The molecule has 106 valence electrons. The molecule has 5 heteroatoms. The first-order chi connectivity index (χ1) is 9.73. The Bertz CT molecular complexity index is 588. The van der Waals surface area contributed by atoms with Crippen LogP contribution in [0.1, 0.15) is 24.3 Å². The molecule has 5 nitrogen and oxygen atoms in total.